The van der Waals surface area contributed by atoms with Gasteiger partial charge in [-0.1, -0.05) is 62.4 Å². The number of amides is 2. The van der Waals surface area contributed by atoms with Crippen molar-refractivity contribution in [2.24, 2.45) is 17.8 Å². The van der Waals surface area contributed by atoms with Gasteiger partial charge in [0.05, 0.1) is 0 Å². The molecule has 36 heavy (non-hydrogen) atoms. The number of hydrogen-bond donors (Lipinski definition) is 3. The highest BCUT2D eigenvalue weighted by molar-refractivity contribution is 7.80. The Balaban J connectivity index is 1.41. The topological polar surface area (TPSA) is 104 Å². The molecule has 0 spiro atoms. The molecule has 8 nitrogen and oxygen atoms in total. The lowest BCUT2D eigenvalue weighted by Gasteiger charge is -2.24. The summed E-state index contributed by atoms with van der Waals surface area (Å²) in [5, 5.41) is 17.4. The van der Waals surface area contributed by atoms with E-state index in [-0.39, 0.29) is 23.7 Å². The van der Waals surface area contributed by atoms with E-state index >= 15 is 0 Å². The third kappa shape index (κ3) is 6.72. The monoisotopic (exact) mass is 506 g/mol. The fraction of sp³-hybridized carbons (Fsp3) is 0.444. The number of thiol groups is 1. The third-order valence-corrected chi connectivity index (χ3v) is 6.86. The van der Waals surface area contributed by atoms with Crippen molar-refractivity contribution in [2.75, 3.05) is 18.8 Å². The normalized spacial score (nSPS) is 14.0. The molecule has 2 N–H and O–H groups in total. The minimum Gasteiger partial charge on any atom is -0.354 e. The molecule has 0 radical (unpaired) electrons. The van der Waals surface area contributed by atoms with Crippen molar-refractivity contribution in [1.29, 1.82) is 0 Å². The van der Waals surface area contributed by atoms with Crippen LogP contribution in [-0.2, 0) is 16.1 Å². The van der Waals surface area contributed by atoms with Gasteiger partial charge in [0.25, 0.3) is 0 Å². The van der Waals surface area contributed by atoms with Crippen LogP contribution in [0, 0.1) is 17.8 Å². The summed E-state index contributed by atoms with van der Waals surface area (Å²) < 4.78 is 0. The van der Waals surface area contributed by atoms with E-state index in [1.54, 1.807) is 0 Å². The van der Waals surface area contributed by atoms with Gasteiger partial charge in [-0.25, -0.2) is 0 Å². The molecular weight excluding hydrogens is 472 g/mol. The Morgan fingerprint density at radius 2 is 1.83 bits per heavy atom. The van der Waals surface area contributed by atoms with Crippen molar-refractivity contribution in [2.45, 2.75) is 39.7 Å². The number of carbonyl (C=O) groups is 2. The molecule has 1 atom stereocenters. The van der Waals surface area contributed by atoms with Crippen molar-refractivity contribution in [1.82, 2.24) is 30.8 Å². The molecule has 9 heteroatoms. The van der Waals surface area contributed by atoms with Crippen molar-refractivity contribution < 1.29 is 9.59 Å². The average molecular weight is 507 g/mol. The third-order valence-electron chi connectivity index (χ3n) is 6.42. The molecule has 1 heterocycles. The predicted molar refractivity (Wildman–Crippen MR) is 143 cm³/mol. The van der Waals surface area contributed by atoms with Gasteiger partial charge in [0, 0.05) is 42.8 Å². The quantitative estimate of drug-likeness (QED) is 0.323. The number of aromatic amines is 1. The molecular formula is C27H34N6O2S. The van der Waals surface area contributed by atoms with Gasteiger partial charge in [-0.3, -0.25) is 9.59 Å². The summed E-state index contributed by atoms with van der Waals surface area (Å²) in [6, 6.07) is 16.1. The molecule has 3 aromatic rings. The highest BCUT2D eigenvalue weighted by atomic mass is 32.1. The number of tetrazole rings is 1. The Labute approximate surface area is 217 Å². The van der Waals surface area contributed by atoms with Crippen LogP contribution in [0.2, 0.25) is 0 Å². The summed E-state index contributed by atoms with van der Waals surface area (Å²) in [5.74, 6) is 1.70. The second-order valence-electron chi connectivity index (χ2n) is 9.81. The van der Waals surface area contributed by atoms with Crippen LogP contribution in [0.4, 0.5) is 0 Å². The van der Waals surface area contributed by atoms with E-state index in [0.717, 1.165) is 41.5 Å². The first-order chi connectivity index (χ1) is 17.5. The van der Waals surface area contributed by atoms with Crippen LogP contribution >= 0.6 is 12.6 Å². The Kier molecular flexibility index (Phi) is 8.74. The van der Waals surface area contributed by atoms with Crippen molar-refractivity contribution in [3.8, 4) is 22.5 Å². The number of carbonyl (C=O) groups excluding carboxylic acids is 2. The maximum absolute atomic E-state index is 13.0. The van der Waals surface area contributed by atoms with E-state index in [4.69, 9.17) is 0 Å². The SMILES string of the molecule is CC(C)CC(CS)C(=O)NCCN(Cc1ccc(-c2ccccc2-c2nn[nH]n2)cc1)C(=O)C1CC1. The van der Waals surface area contributed by atoms with E-state index in [9.17, 15) is 9.59 Å². The molecule has 0 saturated heterocycles. The zero-order chi connectivity index (χ0) is 25.5. The molecule has 4 rings (SSSR count). The van der Waals surface area contributed by atoms with Gasteiger partial charge in [0.15, 0.2) is 0 Å². The van der Waals surface area contributed by atoms with E-state index in [1.165, 1.54) is 0 Å². The summed E-state index contributed by atoms with van der Waals surface area (Å²) in [6.45, 7) is 5.66. The minimum atomic E-state index is -0.108. The number of benzene rings is 2. The van der Waals surface area contributed by atoms with Gasteiger partial charge in [0.1, 0.15) is 0 Å². The van der Waals surface area contributed by atoms with Crippen LogP contribution in [0.5, 0.6) is 0 Å². The number of nitrogens with one attached hydrogen (secondary N) is 2. The summed E-state index contributed by atoms with van der Waals surface area (Å²) in [6.07, 6.45) is 2.70. The first kappa shape index (κ1) is 25.9. The summed E-state index contributed by atoms with van der Waals surface area (Å²) in [7, 11) is 0. The molecule has 2 amide bonds. The molecule has 2 aromatic carbocycles. The van der Waals surface area contributed by atoms with Crippen LogP contribution in [0.3, 0.4) is 0 Å². The first-order valence-corrected chi connectivity index (χ1v) is 13.2. The fourth-order valence-corrected chi connectivity index (χ4v) is 4.68. The molecule has 1 saturated carbocycles. The lowest BCUT2D eigenvalue weighted by molar-refractivity contribution is -0.133. The maximum atomic E-state index is 13.0. The molecule has 190 valence electrons. The van der Waals surface area contributed by atoms with Gasteiger partial charge in [-0.2, -0.15) is 17.8 Å². The number of nitrogens with zero attached hydrogens (tertiary/aromatic N) is 4. The number of H-pyrrole nitrogens is 1. The largest absolute Gasteiger partial charge is 0.354 e. The zero-order valence-corrected chi connectivity index (χ0v) is 21.7. The number of aromatic nitrogens is 4. The van der Waals surface area contributed by atoms with Gasteiger partial charge in [-0.05, 0) is 47.1 Å². The highest BCUT2D eigenvalue weighted by Gasteiger charge is 2.33. The smallest absolute Gasteiger partial charge is 0.226 e. The Morgan fingerprint density at radius 1 is 1.11 bits per heavy atom. The maximum Gasteiger partial charge on any atom is 0.226 e. The van der Waals surface area contributed by atoms with Crippen molar-refractivity contribution >= 4 is 24.4 Å². The molecule has 1 aliphatic rings. The standard InChI is InChI=1S/C27H34N6O2S/c1-18(2)15-22(17-36)26(34)28-13-14-33(27(35)21-11-12-21)16-19-7-9-20(10-8-19)23-5-3-4-6-24(23)25-29-31-32-30-25/h3-10,18,21-22,36H,11-17H2,1-2H3,(H,28,34)(H,29,30,31,32). The van der Waals surface area contributed by atoms with Crippen LogP contribution < -0.4 is 5.32 Å². The lowest BCUT2D eigenvalue weighted by Crippen LogP contribution is -2.41. The average Bonchev–Trinajstić information content (AvgIpc) is 3.60. The fourth-order valence-electron chi connectivity index (χ4n) is 4.36. The predicted octanol–water partition coefficient (Wildman–Crippen LogP) is 3.98. The minimum absolute atomic E-state index is 0.0159. The second-order valence-corrected chi connectivity index (χ2v) is 10.2. The molecule has 0 aliphatic heterocycles. The van der Waals surface area contributed by atoms with Gasteiger partial charge >= 0.3 is 0 Å². The van der Waals surface area contributed by atoms with Crippen LogP contribution in [0.1, 0.15) is 38.7 Å². The Hall–Kier alpha value is -3.20. The van der Waals surface area contributed by atoms with Gasteiger partial charge < -0.3 is 10.2 Å². The molecule has 1 unspecified atom stereocenters. The summed E-state index contributed by atoms with van der Waals surface area (Å²) >= 11 is 4.35. The van der Waals surface area contributed by atoms with Crippen molar-refractivity contribution in [3.05, 3.63) is 54.1 Å². The number of hydrogen-bond acceptors (Lipinski definition) is 6. The van der Waals surface area contributed by atoms with E-state index < -0.39 is 0 Å². The Morgan fingerprint density at radius 3 is 2.44 bits per heavy atom. The first-order valence-electron chi connectivity index (χ1n) is 12.6. The van der Waals surface area contributed by atoms with Crippen molar-refractivity contribution in [3.63, 3.8) is 0 Å². The van der Waals surface area contributed by atoms with Crippen LogP contribution in [-0.4, -0.2) is 56.2 Å². The summed E-state index contributed by atoms with van der Waals surface area (Å²) in [5.41, 5.74) is 4.00. The number of rotatable bonds is 12. The zero-order valence-electron chi connectivity index (χ0n) is 20.9. The highest BCUT2D eigenvalue weighted by Crippen LogP contribution is 2.32. The second kappa shape index (κ2) is 12.2. The molecule has 1 aromatic heterocycles. The molecule has 1 aliphatic carbocycles. The van der Waals surface area contributed by atoms with E-state index in [2.05, 4.69) is 64.5 Å². The lowest BCUT2D eigenvalue weighted by atomic mass is 9.98. The Bertz CT molecular complexity index is 1150. The molecule has 1 fully saturated rings. The molecule has 0 bridgehead atoms. The van der Waals surface area contributed by atoms with Crippen LogP contribution in [0.15, 0.2) is 48.5 Å². The van der Waals surface area contributed by atoms with Gasteiger partial charge in [0.2, 0.25) is 17.6 Å². The van der Waals surface area contributed by atoms with Gasteiger partial charge in [-0.15, -0.1) is 10.2 Å². The van der Waals surface area contributed by atoms with E-state index in [1.807, 2.05) is 41.3 Å². The van der Waals surface area contributed by atoms with Crippen LogP contribution in [0.25, 0.3) is 22.5 Å². The van der Waals surface area contributed by atoms with E-state index in [0.29, 0.717) is 37.1 Å². The summed E-state index contributed by atoms with van der Waals surface area (Å²) in [4.78, 5) is 27.4.